The number of nitrogens with zero attached hydrogens (tertiary/aromatic N) is 2. The summed E-state index contributed by atoms with van der Waals surface area (Å²) in [5.74, 6) is 0.966. The van der Waals surface area contributed by atoms with Crippen molar-refractivity contribution in [1.29, 1.82) is 0 Å². The number of carbonyl (C=O) groups is 1. The third-order valence-corrected chi connectivity index (χ3v) is 4.58. The number of aromatic nitrogens is 2. The van der Waals surface area contributed by atoms with Gasteiger partial charge in [-0.15, -0.1) is 0 Å². The molecular formula is C22H19N3O4. The Balaban J connectivity index is 1.70. The molecular weight excluding hydrogens is 370 g/mol. The van der Waals surface area contributed by atoms with Crippen molar-refractivity contribution in [3.05, 3.63) is 94.4 Å². The summed E-state index contributed by atoms with van der Waals surface area (Å²) in [6.07, 6.45) is 1.45. The summed E-state index contributed by atoms with van der Waals surface area (Å²) in [4.78, 5) is 34.3. The highest BCUT2D eigenvalue weighted by molar-refractivity contribution is 5.91. The molecule has 0 saturated carbocycles. The van der Waals surface area contributed by atoms with Crippen LogP contribution in [0.5, 0.6) is 5.75 Å². The molecule has 0 bridgehead atoms. The lowest BCUT2D eigenvalue weighted by molar-refractivity contribution is 0.0692. The fraction of sp³-hybridized carbons (Fsp3) is 0.136. The number of rotatable bonds is 6. The summed E-state index contributed by atoms with van der Waals surface area (Å²) in [5, 5.41) is 0.505. The van der Waals surface area contributed by atoms with Crippen LogP contribution in [-0.2, 0) is 13.1 Å². The fourth-order valence-electron chi connectivity index (χ4n) is 3.19. The van der Waals surface area contributed by atoms with Crippen LogP contribution in [-0.4, -0.2) is 27.9 Å². The number of nitrogens with one attached hydrogen (secondary N) is 1. The molecule has 0 aliphatic heterocycles. The van der Waals surface area contributed by atoms with Gasteiger partial charge in [-0.05, 0) is 30.3 Å². The van der Waals surface area contributed by atoms with E-state index in [0.717, 1.165) is 5.56 Å². The number of carbonyl (C=O) groups excluding carboxylic acids is 1. The van der Waals surface area contributed by atoms with Gasteiger partial charge < -0.3 is 19.0 Å². The van der Waals surface area contributed by atoms with E-state index >= 15 is 0 Å². The van der Waals surface area contributed by atoms with Crippen molar-refractivity contribution in [2.45, 2.75) is 13.1 Å². The zero-order chi connectivity index (χ0) is 20.2. The first kappa shape index (κ1) is 18.5. The molecule has 0 saturated heterocycles. The van der Waals surface area contributed by atoms with Crippen LogP contribution in [0.25, 0.3) is 10.9 Å². The third-order valence-electron chi connectivity index (χ3n) is 4.58. The van der Waals surface area contributed by atoms with E-state index in [4.69, 9.17) is 9.15 Å². The van der Waals surface area contributed by atoms with Crippen LogP contribution in [0.3, 0.4) is 0 Å². The molecule has 7 nitrogen and oxygen atoms in total. The van der Waals surface area contributed by atoms with E-state index in [1.165, 1.54) is 6.26 Å². The van der Waals surface area contributed by atoms with E-state index in [1.807, 2.05) is 30.3 Å². The van der Waals surface area contributed by atoms with Crippen molar-refractivity contribution in [2.24, 2.45) is 0 Å². The summed E-state index contributed by atoms with van der Waals surface area (Å²) in [6.45, 7) is 0.373. The van der Waals surface area contributed by atoms with E-state index in [1.54, 1.807) is 42.3 Å². The van der Waals surface area contributed by atoms with Gasteiger partial charge in [-0.25, -0.2) is 4.98 Å². The largest absolute Gasteiger partial charge is 0.496 e. The second-order valence-corrected chi connectivity index (χ2v) is 6.48. The molecule has 0 atom stereocenters. The van der Waals surface area contributed by atoms with Crippen LogP contribution < -0.4 is 10.3 Å². The molecule has 146 valence electrons. The number of amides is 1. The molecule has 2 heterocycles. The molecule has 0 spiro atoms. The lowest BCUT2D eigenvalue weighted by atomic mass is 10.1. The molecule has 0 unspecified atom stereocenters. The lowest BCUT2D eigenvalue weighted by Gasteiger charge is -2.22. The summed E-state index contributed by atoms with van der Waals surface area (Å²) in [5.41, 5.74) is 1.17. The number of methoxy groups -OCH3 is 1. The summed E-state index contributed by atoms with van der Waals surface area (Å²) in [7, 11) is 1.58. The zero-order valence-electron chi connectivity index (χ0n) is 15.8. The third kappa shape index (κ3) is 3.89. The van der Waals surface area contributed by atoms with Crippen LogP contribution >= 0.6 is 0 Å². The van der Waals surface area contributed by atoms with Crippen molar-refractivity contribution in [2.75, 3.05) is 7.11 Å². The first-order valence-corrected chi connectivity index (χ1v) is 9.08. The molecule has 1 amide bonds. The molecule has 1 N–H and O–H groups in total. The Morgan fingerprint density at radius 1 is 1.07 bits per heavy atom. The Bertz CT molecular complexity index is 1200. The summed E-state index contributed by atoms with van der Waals surface area (Å²) < 4.78 is 10.7. The number of ether oxygens (including phenoxy) is 1. The van der Waals surface area contributed by atoms with Gasteiger partial charge in [0.05, 0.1) is 37.4 Å². The standard InChI is InChI=1S/C22H19N3O4/c1-28-18-10-5-2-7-15(18)13-25(22(27)19-11-6-12-29-19)14-20-23-17-9-4-3-8-16(17)21(26)24-20/h2-12H,13-14H2,1H3,(H,23,24,26). The van der Waals surface area contributed by atoms with E-state index in [2.05, 4.69) is 9.97 Å². The second kappa shape index (κ2) is 8.02. The van der Waals surface area contributed by atoms with Crippen molar-refractivity contribution >= 4 is 16.8 Å². The number of aromatic amines is 1. The smallest absolute Gasteiger partial charge is 0.290 e. The van der Waals surface area contributed by atoms with Gasteiger partial charge in [0.15, 0.2) is 5.76 Å². The molecule has 4 rings (SSSR count). The topological polar surface area (TPSA) is 88.4 Å². The highest BCUT2D eigenvalue weighted by Crippen LogP contribution is 2.21. The van der Waals surface area contributed by atoms with Gasteiger partial charge in [-0.3, -0.25) is 9.59 Å². The van der Waals surface area contributed by atoms with Crippen molar-refractivity contribution in [1.82, 2.24) is 14.9 Å². The predicted molar refractivity (Wildman–Crippen MR) is 108 cm³/mol. The molecule has 0 aliphatic rings. The highest BCUT2D eigenvalue weighted by Gasteiger charge is 2.21. The lowest BCUT2D eigenvalue weighted by Crippen LogP contribution is -2.31. The van der Waals surface area contributed by atoms with Crippen molar-refractivity contribution < 1.29 is 13.9 Å². The molecule has 29 heavy (non-hydrogen) atoms. The van der Waals surface area contributed by atoms with Gasteiger partial charge in [-0.2, -0.15) is 0 Å². The van der Waals surface area contributed by atoms with Crippen molar-refractivity contribution in [3.8, 4) is 5.75 Å². The average molecular weight is 389 g/mol. The Labute approximate surface area is 166 Å². The average Bonchev–Trinajstić information content (AvgIpc) is 3.28. The fourth-order valence-corrected chi connectivity index (χ4v) is 3.19. The minimum Gasteiger partial charge on any atom is -0.496 e. The number of H-pyrrole nitrogens is 1. The van der Waals surface area contributed by atoms with Gasteiger partial charge >= 0.3 is 0 Å². The first-order chi connectivity index (χ1) is 14.2. The number of furan rings is 1. The Morgan fingerprint density at radius 2 is 1.86 bits per heavy atom. The number of benzene rings is 2. The van der Waals surface area contributed by atoms with Crippen LogP contribution in [0.1, 0.15) is 21.9 Å². The van der Waals surface area contributed by atoms with Gasteiger partial charge in [0, 0.05) is 5.56 Å². The minimum atomic E-state index is -0.309. The van der Waals surface area contributed by atoms with E-state index in [0.29, 0.717) is 22.5 Å². The highest BCUT2D eigenvalue weighted by atomic mass is 16.5. The monoisotopic (exact) mass is 389 g/mol. The first-order valence-electron chi connectivity index (χ1n) is 9.08. The molecule has 0 fully saturated rings. The number of hydrogen-bond acceptors (Lipinski definition) is 5. The van der Waals surface area contributed by atoms with Gasteiger partial charge in [-0.1, -0.05) is 30.3 Å². The maximum absolute atomic E-state index is 13.0. The second-order valence-electron chi connectivity index (χ2n) is 6.48. The SMILES string of the molecule is COc1ccccc1CN(Cc1nc2ccccc2c(=O)[nH]1)C(=O)c1ccco1. The van der Waals surface area contributed by atoms with Crippen LogP contribution in [0.4, 0.5) is 0 Å². The van der Waals surface area contributed by atoms with Crippen LogP contribution in [0.15, 0.2) is 76.1 Å². The normalized spacial score (nSPS) is 10.8. The molecule has 0 radical (unpaired) electrons. The number of hydrogen-bond donors (Lipinski definition) is 1. The summed E-state index contributed by atoms with van der Waals surface area (Å²) in [6, 6.07) is 17.8. The van der Waals surface area contributed by atoms with E-state index < -0.39 is 0 Å². The van der Waals surface area contributed by atoms with Gasteiger partial charge in [0.2, 0.25) is 0 Å². The Hall–Kier alpha value is -3.87. The molecule has 2 aromatic carbocycles. The van der Waals surface area contributed by atoms with Crippen molar-refractivity contribution in [3.63, 3.8) is 0 Å². The zero-order valence-corrected chi connectivity index (χ0v) is 15.8. The molecule has 0 aliphatic carbocycles. The number of fused-ring (bicyclic) bond motifs is 1. The molecule has 2 aromatic heterocycles. The molecule has 7 heteroatoms. The quantitative estimate of drug-likeness (QED) is 0.546. The maximum atomic E-state index is 13.0. The Kier molecular flexibility index (Phi) is 5.11. The molecule has 4 aromatic rings. The minimum absolute atomic E-state index is 0.109. The maximum Gasteiger partial charge on any atom is 0.290 e. The van der Waals surface area contributed by atoms with Gasteiger partial charge in [0.1, 0.15) is 11.6 Å². The van der Waals surface area contributed by atoms with Crippen LogP contribution in [0, 0.1) is 0 Å². The van der Waals surface area contributed by atoms with Gasteiger partial charge in [0.25, 0.3) is 11.5 Å². The predicted octanol–water partition coefficient (Wildman–Crippen LogP) is 3.37. The van der Waals surface area contributed by atoms with Crippen LogP contribution in [0.2, 0.25) is 0 Å². The van der Waals surface area contributed by atoms with E-state index in [-0.39, 0.29) is 30.3 Å². The Morgan fingerprint density at radius 3 is 2.66 bits per heavy atom. The number of para-hydroxylation sites is 2. The van der Waals surface area contributed by atoms with E-state index in [9.17, 15) is 9.59 Å². The summed E-state index contributed by atoms with van der Waals surface area (Å²) >= 11 is 0.